The second kappa shape index (κ2) is 8.41. The van der Waals surface area contributed by atoms with Crippen LogP contribution in [0.2, 0.25) is 5.02 Å². The van der Waals surface area contributed by atoms with Crippen molar-refractivity contribution in [3.05, 3.63) is 113 Å². The van der Waals surface area contributed by atoms with E-state index < -0.39 is 0 Å². The van der Waals surface area contributed by atoms with Gasteiger partial charge in [0.25, 0.3) is 0 Å². The van der Waals surface area contributed by atoms with Gasteiger partial charge in [0, 0.05) is 34.5 Å². The maximum Gasteiger partial charge on any atom is 0.174 e. The number of hydrogen-bond donors (Lipinski definition) is 1. The minimum Gasteiger partial charge on any atom is -0.351 e. The van der Waals surface area contributed by atoms with Gasteiger partial charge in [-0.3, -0.25) is 4.98 Å². The lowest BCUT2D eigenvalue weighted by atomic mass is 10.00. The third-order valence-corrected chi connectivity index (χ3v) is 6.30. The Bertz CT molecular complexity index is 1260. The van der Waals surface area contributed by atoms with Gasteiger partial charge < -0.3 is 14.8 Å². The maximum atomic E-state index is 6.31. The van der Waals surface area contributed by atoms with E-state index in [1.165, 1.54) is 11.1 Å². The fourth-order valence-electron chi connectivity index (χ4n) is 4.52. The molecule has 32 heavy (non-hydrogen) atoms. The highest BCUT2D eigenvalue weighted by molar-refractivity contribution is 7.80. The first-order chi connectivity index (χ1) is 15.5. The molecule has 3 heterocycles. The molecule has 2 unspecified atom stereocenters. The maximum absolute atomic E-state index is 6.31. The zero-order chi connectivity index (χ0) is 22.2. The molecule has 0 bridgehead atoms. The Labute approximate surface area is 198 Å². The minimum absolute atomic E-state index is 0.0902. The van der Waals surface area contributed by atoms with Gasteiger partial charge in [0.2, 0.25) is 0 Å². The standard InChI is InChI=1S/C26H23ClN4S/c1-17-13-18(2)15-21(14-17)31-25(24(29-26(31)32)22-9-3-4-11-28-22)23-10-6-12-30(23)20-8-5-7-19(27)16-20/h3-16,24-25H,1-2H3,(H,29,32). The Morgan fingerprint density at radius 1 is 0.906 bits per heavy atom. The molecule has 160 valence electrons. The molecule has 0 radical (unpaired) electrons. The molecule has 2 aromatic heterocycles. The van der Waals surface area contributed by atoms with Gasteiger partial charge in [0.15, 0.2) is 5.11 Å². The molecule has 6 heteroatoms. The smallest absolute Gasteiger partial charge is 0.174 e. The van der Waals surface area contributed by atoms with E-state index in [1.807, 2.05) is 42.6 Å². The monoisotopic (exact) mass is 458 g/mol. The molecule has 2 aromatic carbocycles. The zero-order valence-electron chi connectivity index (χ0n) is 17.9. The number of nitrogens with zero attached hydrogens (tertiary/aromatic N) is 3. The van der Waals surface area contributed by atoms with E-state index in [0.717, 1.165) is 22.8 Å². The van der Waals surface area contributed by atoms with Crippen LogP contribution in [0, 0.1) is 13.8 Å². The zero-order valence-corrected chi connectivity index (χ0v) is 19.4. The third-order valence-electron chi connectivity index (χ3n) is 5.75. The van der Waals surface area contributed by atoms with E-state index in [4.69, 9.17) is 23.8 Å². The van der Waals surface area contributed by atoms with Crippen molar-refractivity contribution < 1.29 is 0 Å². The van der Waals surface area contributed by atoms with Gasteiger partial charge in [-0.1, -0.05) is 29.8 Å². The van der Waals surface area contributed by atoms with E-state index in [1.54, 1.807) is 0 Å². The molecule has 1 fully saturated rings. The number of thiocarbonyl (C=S) groups is 1. The summed E-state index contributed by atoms with van der Waals surface area (Å²) < 4.78 is 2.18. The Morgan fingerprint density at radius 3 is 2.44 bits per heavy atom. The number of hydrogen-bond acceptors (Lipinski definition) is 2. The fourth-order valence-corrected chi connectivity index (χ4v) is 5.05. The van der Waals surface area contributed by atoms with Crippen molar-refractivity contribution in [3.63, 3.8) is 0 Å². The third kappa shape index (κ3) is 3.78. The quantitative estimate of drug-likeness (QED) is 0.363. The van der Waals surface area contributed by atoms with Gasteiger partial charge in [0.1, 0.15) is 6.04 Å². The molecule has 0 saturated carbocycles. The first-order valence-corrected chi connectivity index (χ1v) is 11.3. The average molecular weight is 459 g/mol. The van der Waals surface area contributed by atoms with Crippen molar-refractivity contribution in [2.45, 2.75) is 25.9 Å². The van der Waals surface area contributed by atoms with Crippen LogP contribution in [0.15, 0.2) is 85.2 Å². The second-order valence-corrected chi connectivity index (χ2v) is 8.95. The number of aromatic nitrogens is 2. The van der Waals surface area contributed by atoms with E-state index >= 15 is 0 Å². The van der Waals surface area contributed by atoms with Gasteiger partial charge in [-0.05, 0) is 91.8 Å². The van der Waals surface area contributed by atoms with Crippen LogP contribution in [0.25, 0.3) is 5.69 Å². The lowest BCUT2D eigenvalue weighted by Crippen LogP contribution is -2.30. The Morgan fingerprint density at radius 2 is 1.72 bits per heavy atom. The molecule has 2 atom stereocenters. The average Bonchev–Trinajstić information content (AvgIpc) is 3.38. The molecule has 0 spiro atoms. The molecule has 1 aliphatic heterocycles. The number of aryl methyl sites for hydroxylation is 2. The SMILES string of the molecule is Cc1cc(C)cc(N2C(=S)NC(c3ccccn3)C2c2cccn2-c2cccc(Cl)c2)c1. The van der Waals surface area contributed by atoms with Crippen molar-refractivity contribution in [2.75, 3.05) is 4.90 Å². The van der Waals surface area contributed by atoms with E-state index in [-0.39, 0.29) is 12.1 Å². The summed E-state index contributed by atoms with van der Waals surface area (Å²) in [6.45, 7) is 4.23. The number of nitrogens with one attached hydrogen (secondary N) is 1. The second-order valence-electron chi connectivity index (χ2n) is 8.13. The molecule has 4 nitrogen and oxygen atoms in total. The Balaban J connectivity index is 1.69. The van der Waals surface area contributed by atoms with Gasteiger partial charge in [-0.25, -0.2) is 0 Å². The summed E-state index contributed by atoms with van der Waals surface area (Å²) >= 11 is 12.2. The van der Waals surface area contributed by atoms with Gasteiger partial charge in [-0.15, -0.1) is 0 Å². The van der Waals surface area contributed by atoms with Gasteiger partial charge in [-0.2, -0.15) is 0 Å². The van der Waals surface area contributed by atoms with Crippen LogP contribution in [-0.2, 0) is 0 Å². The van der Waals surface area contributed by atoms with Crippen LogP contribution < -0.4 is 10.2 Å². The molecular weight excluding hydrogens is 436 g/mol. The number of benzene rings is 2. The Kier molecular flexibility index (Phi) is 5.45. The molecule has 4 aromatic rings. The summed E-state index contributed by atoms with van der Waals surface area (Å²) in [6, 6.07) is 24.4. The van der Waals surface area contributed by atoms with E-state index in [2.05, 4.69) is 76.2 Å². The molecule has 1 aliphatic rings. The summed E-state index contributed by atoms with van der Waals surface area (Å²) in [6.07, 6.45) is 3.89. The van der Waals surface area contributed by atoms with Crippen molar-refractivity contribution in [2.24, 2.45) is 0 Å². The lowest BCUT2D eigenvalue weighted by molar-refractivity contribution is 0.549. The highest BCUT2D eigenvalue weighted by Crippen LogP contribution is 2.42. The van der Waals surface area contributed by atoms with Crippen LogP contribution >= 0.6 is 23.8 Å². The summed E-state index contributed by atoms with van der Waals surface area (Å²) in [7, 11) is 0. The predicted molar refractivity (Wildman–Crippen MR) is 135 cm³/mol. The van der Waals surface area contributed by atoms with Crippen molar-refractivity contribution in [1.29, 1.82) is 0 Å². The van der Waals surface area contributed by atoms with E-state index in [9.17, 15) is 0 Å². The summed E-state index contributed by atoms with van der Waals surface area (Å²) in [4.78, 5) is 6.87. The first-order valence-electron chi connectivity index (χ1n) is 10.5. The topological polar surface area (TPSA) is 33.1 Å². The lowest BCUT2D eigenvalue weighted by Gasteiger charge is -2.29. The molecule has 0 amide bonds. The Hall–Kier alpha value is -3.15. The molecule has 1 N–H and O–H groups in total. The molecule has 1 saturated heterocycles. The number of halogens is 1. The highest BCUT2D eigenvalue weighted by atomic mass is 35.5. The van der Waals surface area contributed by atoms with E-state index in [0.29, 0.717) is 10.1 Å². The largest absolute Gasteiger partial charge is 0.351 e. The highest BCUT2D eigenvalue weighted by Gasteiger charge is 2.42. The number of anilines is 1. The number of pyridine rings is 1. The summed E-state index contributed by atoms with van der Waals surface area (Å²) in [5.41, 5.74) is 6.54. The molecule has 0 aliphatic carbocycles. The molecule has 5 rings (SSSR count). The summed E-state index contributed by atoms with van der Waals surface area (Å²) in [5, 5.41) is 4.93. The van der Waals surface area contributed by atoms with Crippen LogP contribution in [0.4, 0.5) is 5.69 Å². The van der Waals surface area contributed by atoms with Crippen LogP contribution in [0.3, 0.4) is 0 Å². The molecular formula is C26H23ClN4S. The van der Waals surface area contributed by atoms with Crippen molar-refractivity contribution >= 4 is 34.6 Å². The number of rotatable bonds is 4. The van der Waals surface area contributed by atoms with Crippen molar-refractivity contribution in [1.82, 2.24) is 14.9 Å². The normalized spacial score (nSPS) is 18.1. The van der Waals surface area contributed by atoms with Gasteiger partial charge >= 0.3 is 0 Å². The van der Waals surface area contributed by atoms with Crippen LogP contribution in [-0.4, -0.2) is 14.7 Å². The summed E-state index contributed by atoms with van der Waals surface area (Å²) in [5.74, 6) is 0. The predicted octanol–water partition coefficient (Wildman–Crippen LogP) is 6.32. The van der Waals surface area contributed by atoms with Crippen LogP contribution in [0.1, 0.15) is 34.6 Å². The van der Waals surface area contributed by atoms with Crippen molar-refractivity contribution in [3.8, 4) is 5.69 Å². The minimum atomic E-state index is -0.0997. The first kappa shape index (κ1) is 20.7. The van der Waals surface area contributed by atoms with Gasteiger partial charge in [0.05, 0.1) is 11.7 Å². The van der Waals surface area contributed by atoms with Crippen LogP contribution in [0.5, 0.6) is 0 Å². The fraction of sp³-hybridized carbons (Fsp3) is 0.154.